The van der Waals surface area contributed by atoms with E-state index in [0.29, 0.717) is 12.5 Å². The van der Waals surface area contributed by atoms with Gasteiger partial charge in [0.1, 0.15) is 34.1 Å². The Hall–Kier alpha value is -7.51. The molecular formula is C46H42N8O18S4Si3. The highest BCUT2D eigenvalue weighted by Crippen LogP contribution is 2.46. The molecule has 4 aliphatic rings. The number of rotatable bonds is 12. The molecule has 410 valence electrons. The third-order valence-corrected chi connectivity index (χ3v) is 25.4. The van der Waals surface area contributed by atoms with Crippen molar-refractivity contribution in [3.8, 4) is 11.5 Å². The van der Waals surface area contributed by atoms with Crippen molar-refractivity contribution >= 4 is 144 Å². The molecule has 79 heavy (non-hydrogen) atoms. The monoisotopic (exact) mass is 1210 g/mol. The Morgan fingerprint density at radius 3 is 1.43 bits per heavy atom. The van der Waals surface area contributed by atoms with E-state index in [1.54, 1.807) is 4.23 Å². The molecule has 0 fully saturated rings. The Labute approximate surface area is 451 Å². The maximum atomic E-state index is 13.9. The highest BCUT2D eigenvalue weighted by molar-refractivity contribution is 8.05. The second-order valence-corrected chi connectivity index (χ2v) is 40.1. The lowest BCUT2D eigenvalue weighted by Gasteiger charge is -2.41. The van der Waals surface area contributed by atoms with Crippen molar-refractivity contribution in [1.29, 1.82) is 0 Å². The van der Waals surface area contributed by atoms with Crippen LogP contribution < -0.4 is 20.4 Å². The number of benzene rings is 4. The number of aliphatic carboxylic acids is 2. The van der Waals surface area contributed by atoms with E-state index < -0.39 is 109 Å². The minimum Gasteiger partial charge on any atom is -0.480 e. The van der Waals surface area contributed by atoms with Crippen LogP contribution in [0.4, 0.5) is 21.2 Å². The highest BCUT2D eigenvalue weighted by atomic mass is 32.2. The second-order valence-electron chi connectivity index (χ2n) is 20.3. The Kier molecular flexibility index (Phi) is 12.7. The van der Waals surface area contributed by atoms with Gasteiger partial charge < -0.3 is 27.9 Å². The normalized spacial score (nSPS) is 15.6. The molecule has 0 radical (unpaired) electrons. The molecule has 4 aliphatic heterocycles. The van der Waals surface area contributed by atoms with Crippen LogP contribution in [0, 0.1) is 0 Å². The summed E-state index contributed by atoms with van der Waals surface area (Å²) >= 11 is 0. The minimum atomic E-state index is -5.06. The number of amidine groups is 4. The number of carbonyl (C=O) groups excluding carboxylic acids is 2. The van der Waals surface area contributed by atoms with Crippen LogP contribution in [0.2, 0.25) is 39.3 Å². The van der Waals surface area contributed by atoms with E-state index in [2.05, 4.69) is 0 Å². The van der Waals surface area contributed by atoms with Crippen LogP contribution in [0.1, 0.15) is 22.3 Å². The first kappa shape index (κ1) is 54.8. The predicted octanol–water partition coefficient (Wildman–Crippen LogP) is 3.88. The summed E-state index contributed by atoms with van der Waals surface area (Å²) in [6.07, 6.45) is 1.32. The molecule has 2 N–H and O–H groups in total. The zero-order valence-corrected chi connectivity index (χ0v) is 48.7. The molecule has 0 saturated carbocycles. The highest BCUT2D eigenvalue weighted by Gasteiger charge is 2.57. The Bertz CT molecular complexity index is 4600. The summed E-state index contributed by atoms with van der Waals surface area (Å²) in [5, 5.41) is 16.5. The zero-order chi connectivity index (χ0) is 57.5. The number of hydrogen-bond donors (Lipinski definition) is 2. The number of hydrogen-bond acceptors (Lipinski definition) is 22. The second kappa shape index (κ2) is 18.3. The lowest BCUT2D eigenvalue weighted by Crippen LogP contribution is -2.69. The van der Waals surface area contributed by atoms with Gasteiger partial charge in [0.2, 0.25) is 19.7 Å². The summed E-state index contributed by atoms with van der Waals surface area (Å²) in [7, 11) is -29.3. The predicted molar refractivity (Wildman–Crippen MR) is 291 cm³/mol. The topological polar surface area (TPSA) is 366 Å². The summed E-state index contributed by atoms with van der Waals surface area (Å²) in [4.78, 5) is 79.2. The van der Waals surface area contributed by atoms with Crippen molar-refractivity contribution in [3.05, 3.63) is 106 Å². The van der Waals surface area contributed by atoms with E-state index in [9.17, 15) is 63.1 Å². The van der Waals surface area contributed by atoms with E-state index in [-0.39, 0.29) is 101 Å². The molecule has 0 atom stereocenters. The summed E-state index contributed by atoms with van der Waals surface area (Å²) in [5.41, 5.74) is 0.321. The number of carboxylic acids is 2. The molecule has 4 aromatic carbocycles. The van der Waals surface area contributed by atoms with Crippen molar-refractivity contribution in [1.82, 2.24) is 8.47 Å². The maximum Gasteiger partial charge on any atom is 0.582 e. The first-order valence-corrected chi connectivity index (χ1v) is 38.7. The summed E-state index contributed by atoms with van der Waals surface area (Å²) < 4.78 is 134. The Balaban J connectivity index is 1.49. The summed E-state index contributed by atoms with van der Waals surface area (Å²) in [5.74, 6) is -7.33. The minimum absolute atomic E-state index is 0.0128. The summed E-state index contributed by atoms with van der Waals surface area (Å²) in [6, 6.07) is 15.4. The smallest absolute Gasteiger partial charge is 0.480 e. The fraction of sp³-hybridized carbons (Fsp3) is 0.217. The van der Waals surface area contributed by atoms with Gasteiger partial charge in [-0.15, -0.1) is 0 Å². The van der Waals surface area contributed by atoms with Crippen molar-refractivity contribution in [3.63, 3.8) is 0 Å². The van der Waals surface area contributed by atoms with Crippen LogP contribution in [0.25, 0.3) is 21.5 Å². The van der Waals surface area contributed by atoms with E-state index in [0.717, 1.165) is 12.1 Å². The first-order chi connectivity index (χ1) is 36.5. The average Bonchev–Trinajstić information content (AvgIpc) is 2.85. The van der Waals surface area contributed by atoms with Crippen LogP contribution in [-0.2, 0) is 57.2 Å². The zero-order valence-electron chi connectivity index (χ0n) is 42.5. The molecule has 0 unspecified atom stereocenters. The van der Waals surface area contributed by atoms with Gasteiger partial charge in [-0.3, -0.25) is 18.1 Å². The van der Waals surface area contributed by atoms with Crippen LogP contribution in [0.3, 0.4) is 0 Å². The Morgan fingerprint density at radius 2 is 0.899 bits per heavy atom. The molecule has 2 aromatic heterocycles. The molecule has 0 spiro atoms. The summed E-state index contributed by atoms with van der Waals surface area (Å²) in [6.45, 7) is 11.1. The van der Waals surface area contributed by atoms with Gasteiger partial charge in [-0.25, -0.2) is 73.2 Å². The molecule has 6 heterocycles. The molecule has 0 aliphatic carbocycles. The number of nitrogens with zero attached hydrogens (tertiary/aromatic N) is 8. The van der Waals surface area contributed by atoms with Gasteiger partial charge in [0.25, 0.3) is 0 Å². The molecule has 10 rings (SSSR count). The third-order valence-electron chi connectivity index (χ3n) is 11.8. The number of sulfone groups is 4. The molecule has 0 amide bonds. The molecular weight excluding hydrogens is 1170 g/mol. The molecule has 0 saturated heterocycles. The van der Waals surface area contributed by atoms with Crippen molar-refractivity contribution in [2.45, 2.75) is 49.1 Å². The van der Waals surface area contributed by atoms with Crippen molar-refractivity contribution in [2.24, 2.45) is 30.0 Å². The molecule has 26 nitrogen and oxygen atoms in total. The first-order valence-electron chi connectivity index (χ1n) is 23.1. The standard InChI is InChI=1S/C46H42N8O18S4Si3/c1-73(61,62)45(59)69-23-9-13-27-31(17-23)39-47-37(27)50-44-34-20-26(76(67,68)22-36(57)58)12-16-30(34)42-52-40-32-19-25(75(65,66)21-35(55)56)11-15-28(32)38(48-40)49-43-33-18-24(70-46(60)74(2,63)64)10-14-29(33)41(51-39)53(43)79(54(42)44,71-77(3,4)5)72-78(6,7)8/h9-20H,21-22H2,1-8H3,(H,55,56)(H,57,58). The number of aromatic nitrogens is 2. The molecule has 6 bridgehead atoms. The fourth-order valence-corrected chi connectivity index (χ4v) is 21.9. The lowest BCUT2D eigenvalue weighted by molar-refractivity contribution is -0.135. The van der Waals surface area contributed by atoms with E-state index in [4.69, 9.17) is 47.7 Å². The van der Waals surface area contributed by atoms with Crippen molar-refractivity contribution in [2.75, 3.05) is 24.0 Å². The van der Waals surface area contributed by atoms with Gasteiger partial charge in [-0.2, -0.15) is 0 Å². The number of ether oxygens (including phenoxy) is 2. The van der Waals surface area contributed by atoms with Gasteiger partial charge in [0.05, 0.1) is 22.3 Å². The van der Waals surface area contributed by atoms with Gasteiger partial charge in [-0.1, -0.05) is 0 Å². The molecule has 33 heteroatoms. The number of aliphatic imine (C=N–C) groups is 4. The lowest BCUT2D eigenvalue weighted by atomic mass is 10.1. The van der Waals surface area contributed by atoms with Gasteiger partial charge in [-0.05, 0) is 112 Å². The number of carbonyl (C=O) groups is 4. The van der Waals surface area contributed by atoms with Crippen molar-refractivity contribution < 1.29 is 80.8 Å². The van der Waals surface area contributed by atoms with Gasteiger partial charge in [0, 0.05) is 43.8 Å². The Morgan fingerprint density at radius 1 is 0.481 bits per heavy atom. The third kappa shape index (κ3) is 9.93. The largest absolute Gasteiger partial charge is 0.582 e. The average molecular weight is 1210 g/mol. The van der Waals surface area contributed by atoms with Gasteiger partial charge in [0.15, 0.2) is 71.2 Å². The van der Waals surface area contributed by atoms with Crippen LogP contribution >= 0.6 is 0 Å². The van der Waals surface area contributed by atoms with Crippen LogP contribution in [0.5, 0.6) is 11.5 Å². The van der Waals surface area contributed by atoms with E-state index in [1.165, 1.54) is 64.9 Å². The quantitative estimate of drug-likeness (QED) is 0.130. The molecule has 6 aromatic rings. The van der Waals surface area contributed by atoms with Crippen LogP contribution in [0.15, 0.2) is 113 Å². The number of carboxylic acid groups (broad SMARTS) is 2. The maximum absolute atomic E-state index is 13.9. The fourth-order valence-electron chi connectivity index (χ4n) is 8.91. The van der Waals surface area contributed by atoms with E-state index >= 15 is 0 Å². The van der Waals surface area contributed by atoms with Crippen LogP contribution in [-0.4, -0.2) is 148 Å². The number of fused-ring (bicyclic) bond motifs is 14. The van der Waals surface area contributed by atoms with Gasteiger partial charge >= 0.3 is 31.4 Å². The SMILES string of the molecule is C[Si](C)(C)O[Si]1(O[Si](C)(C)C)n2c3c4cc(S(=O)(=O)CC(=O)O)ccc4c2N=C2N=C(N=c4c5cc(OC(=O)S(C)(=O)=O)ccc5c(n41)=NC1=NC(=N3)c3ccc(OC(=O)S(C)(=O)=O)cc31)c1ccc(S(=O)(=O)CC(=O)O)cc12. The van der Waals surface area contributed by atoms with E-state index in [1.807, 2.05) is 39.3 Å².